The molecule has 0 fully saturated rings. The van der Waals surface area contributed by atoms with Crippen LogP contribution in [0.1, 0.15) is 11.1 Å². The zero-order valence-corrected chi connectivity index (χ0v) is 15.7. The molecule has 0 atom stereocenters. The van der Waals surface area contributed by atoms with Crippen molar-refractivity contribution < 1.29 is 0 Å². The minimum atomic E-state index is 0.943. The van der Waals surface area contributed by atoms with Crippen LogP contribution in [-0.2, 0) is 0 Å². The van der Waals surface area contributed by atoms with Crippen molar-refractivity contribution in [1.82, 2.24) is 9.38 Å². The van der Waals surface area contributed by atoms with Gasteiger partial charge >= 0.3 is 0 Å². The van der Waals surface area contributed by atoms with Crippen LogP contribution in [0.3, 0.4) is 0 Å². The van der Waals surface area contributed by atoms with Gasteiger partial charge in [0.25, 0.3) is 0 Å². The van der Waals surface area contributed by atoms with E-state index in [0.717, 1.165) is 38.4 Å². The molecule has 2 aromatic heterocycles. The molecule has 3 nitrogen and oxygen atoms in total. The summed E-state index contributed by atoms with van der Waals surface area (Å²) in [6, 6.07) is 20.7. The van der Waals surface area contributed by atoms with Gasteiger partial charge in [-0.3, -0.25) is 4.40 Å². The topological polar surface area (TPSA) is 29.3 Å². The summed E-state index contributed by atoms with van der Waals surface area (Å²) in [6.07, 6.45) is 2.05. The van der Waals surface area contributed by atoms with Gasteiger partial charge < -0.3 is 5.32 Å². The number of anilines is 2. The second-order valence-corrected chi connectivity index (χ2v) is 7.06. The van der Waals surface area contributed by atoms with Crippen LogP contribution in [-0.4, -0.2) is 9.38 Å². The van der Waals surface area contributed by atoms with Crippen molar-refractivity contribution in [3.8, 4) is 11.3 Å². The largest absolute Gasteiger partial charge is 0.339 e. The van der Waals surface area contributed by atoms with E-state index in [0.29, 0.717) is 0 Å². The highest BCUT2D eigenvalue weighted by Gasteiger charge is 2.16. The number of hydrogen-bond acceptors (Lipinski definition) is 2. The minimum Gasteiger partial charge on any atom is -0.339 e. The van der Waals surface area contributed by atoms with Crippen LogP contribution in [0.5, 0.6) is 0 Å². The smallest absolute Gasteiger partial charge is 0.143 e. The van der Waals surface area contributed by atoms with E-state index in [4.69, 9.17) is 4.98 Å². The highest BCUT2D eigenvalue weighted by atomic mass is 79.9. The minimum absolute atomic E-state index is 0.943. The Kier molecular flexibility index (Phi) is 4.06. The third-order valence-corrected chi connectivity index (χ3v) is 4.83. The van der Waals surface area contributed by atoms with E-state index in [1.807, 2.05) is 24.3 Å². The summed E-state index contributed by atoms with van der Waals surface area (Å²) in [5.74, 6) is 0.978. The molecule has 124 valence electrons. The first-order chi connectivity index (χ1) is 12.1. The highest BCUT2D eigenvalue weighted by molar-refractivity contribution is 9.10. The van der Waals surface area contributed by atoms with Crippen molar-refractivity contribution in [3.05, 3.63) is 82.5 Å². The quantitative estimate of drug-likeness (QED) is 0.455. The molecule has 25 heavy (non-hydrogen) atoms. The van der Waals surface area contributed by atoms with Gasteiger partial charge in [0.15, 0.2) is 0 Å². The zero-order valence-electron chi connectivity index (χ0n) is 14.1. The van der Waals surface area contributed by atoms with Crippen LogP contribution >= 0.6 is 15.9 Å². The monoisotopic (exact) mass is 391 g/mol. The standard InChI is InChI=1S/C21H18BrN3/c1-14-7-3-4-11-18(14)23-21-19(16-9-5-10-17(22)13-16)24-20-15(2)8-6-12-25(20)21/h3-13,23H,1-2H3. The van der Waals surface area contributed by atoms with Crippen LogP contribution in [0.2, 0.25) is 0 Å². The molecule has 0 saturated carbocycles. The number of imidazole rings is 1. The number of halogens is 1. The SMILES string of the molecule is Cc1ccccc1Nc1c(-c2cccc(Br)c2)nc2c(C)cccn12. The molecular formula is C21H18BrN3. The van der Waals surface area contributed by atoms with Crippen LogP contribution in [0, 0.1) is 13.8 Å². The molecule has 2 aromatic carbocycles. The Morgan fingerprint density at radius 1 is 0.920 bits per heavy atom. The van der Waals surface area contributed by atoms with Gasteiger partial charge in [-0.25, -0.2) is 4.98 Å². The van der Waals surface area contributed by atoms with E-state index in [-0.39, 0.29) is 0 Å². The Hall–Kier alpha value is -2.59. The predicted molar refractivity (Wildman–Crippen MR) is 108 cm³/mol. The fraction of sp³-hybridized carbons (Fsp3) is 0.0952. The van der Waals surface area contributed by atoms with E-state index in [2.05, 4.69) is 82.1 Å². The number of nitrogens with zero attached hydrogens (tertiary/aromatic N) is 2. The Morgan fingerprint density at radius 3 is 2.52 bits per heavy atom. The lowest BCUT2D eigenvalue weighted by atomic mass is 10.1. The molecule has 4 heteroatoms. The second-order valence-electron chi connectivity index (χ2n) is 6.14. The van der Waals surface area contributed by atoms with E-state index < -0.39 is 0 Å². The van der Waals surface area contributed by atoms with Crippen LogP contribution in [0.4, 0.5) is 11.5 Å². The molecule has 0 unspecified atom stereocenters. The summed E-state index contributed by atoms with van der Waals surface area (Å²) in [6.45, 7) is 4.19. The van der Waals surface area contributed by atoms with Crippen LogP contribution < -0.4 is 5.32 Å². The van der Waals surface area contributed by atoms with Crippen molar-refractivity contribution in [2.75, 3.05) is 5.32 Å². The molecule has 0 aliphatic heterocycles. The van der Waals surface area contributed by atoms with Gasteiger partial charge in [0.1, 0.15) is 17.2 Å². The molecule has 0 radical (unpaired) electrons. The molecule has 4 rings (SSSR count). The summed E-state index contributed by atoms with van der Waals surface area (Å²) in [4.78, 5) is 4.93. The van der Waals surface area contributed by atoms with E-state index in [9.17, 15) is 0 Å². The number of aromatic nitrogens is 2. The Balaban J connectivity index is 1.96. The number of para-hydroxylation sites is 1. The lowest BCUT2D eigenvalue weighted by Gasteiger charge is -2.11. The Labute approximate surface area is 155 Å². The number of pyridine rings is 1. The van der Waals surface area contributed by atoms with E-state index in [1.54, 1.807) is 0 Å². The number of nitrogens with one attached hydrogen (secondary N) is 1. The first-order valence-corrected chi connectivity index (χ1v) is 8.99. The first-order valence-electron chi connectivity index (χ1n) is 8.20. The molecule has 2 heterocycles. The Bertz CT molecular complexity index is 1070. The van der Waals surface area contributed by atoms with Crippen molar-refractivity contribution in [1.29, 1.82) is 0 Å². The third kappa shape index (κ3) is 2.94. The van der Waals surface area contributed by atoms with Crippen molar-refractivity contribution in [2.45, 2.75) is 13.8 Å². The Morgan fingerprint density at radius 2 is 1.72 bits per heavy atom. The lowest BCUT2D eigenvalue weighted by molar-refractivity contribution is 1.16. The van der Waals surface area contributed by atoms with Gasteiger partial charge in [0, 0.05) is 21.9 Å². The van der Waals surface area contributed by atoms with Crippen LogP contribution in [0.15, 0.2) is 71.3 Å². The fourth-order valence-corrected chi connectivity index (χ4v) is 3.40. The molecule has 4 aromatic rings. The van der Waals surface area contributed by atoms with Gasteiger partial charge in [-0.15, -0.1) is 0 Å². The number of rotatable bonds is 3. The predicted octanol–water partition coefficient (Wildman–Crippen LogP) is 6.12. The van der Waals surface area contributed by atoms with Crippen molar-refractivity contribution in [2.24, 2.45) is 0 Å². The number of fused-ring (bicyclic) bond motifs is 1. The summed E-state index contributed by atoms with van der Waals surface area (Å²) >= 11 is 3.57. The number of hydrogen-bond donors (Lipinski definition) is 1. The average molecular weight is 392 g/mol. The number of aryl methyl sites for hydroxylation is 2. The van der Waals surface area contributed by atoms with E-state index in [1.165, 1.54) is 5.56 Å². The molecule has 0 amide bonds. The summed E-state index contributed by atoms with van der Waals surface area (Å²) in [7, 11) is 0. The van der Waals surface area contributed by atoms with E-state index >= 15 is 0 Å². The first kappa shape index (κ1) is 15.9. The molecular weight excluding hydrogens is 374 g/mol. The van der Waals surface area contributed by atoms with Gasteiger partial charge in [0.2, 0.25) is 0 Å². The maximum Gasteiger partial charge on any atom is 0.143 e. The second kappa shape index (κ2) is 6.37. The van der Waals surface area contributed by atoms with Gasteiger partial charge in [-0.1, -0.05) is 52.3 Å². The molecule has 0 spiro atoms. The molecule has 0 aliphatic carbocycles. The molecule has 0 bridgehead atoms. The molecule has 0 aliphatic rings. The molecule has 1 N–H and O–H groups in total. The zero-order chi connectivity index (χ0) is 17.4. The maximum absolute atomic E-state index is 4.93. The van der Waals surface area contributed by atoms with Crippen molar-refractivity contribution >= 4 is 33.1 Å². The highest BCUT2D eigenvalue weighted by Crippen LogP contribution is 2.33. The third-order valence-electron chi connectivity index (χ3n) is 4.34. The number of benzene rings is 2. The summed E-state index contributed by atoms with van der Waals surface area (Å²) in [5.41, 5.74) is 6.42. The lowest BCUT2D eigenvalue weighted by Crippen LogP contribution is -1.98. The fourth-order valence-electron chi connectivity index (χ4n) is 3.00. The molecule has 0 saturated heterocycles. The average Bonchev–Trinajstić information content (AvgIpc) is 2.97. The summed E-state index contributed by atoms with van der Waals surface area (Å²) < 4.78 is 3.17. The van der Waals surface area contributed by atoms with Gasteiger partial charge in [0.05, 0.1) is 0 Å². The van der Waals surface area contributed by atoms with Crippen LogP contribution in [0.25, 0.3) is 16.9 Å². The van der Waals surface area contributed by atoms with Gasteiger partial charge in [-0.2, -0.15) is 0 Å². The normalized spacial score (nSPS) is 11.0. The van der Waals surface area contributed by atoms with Gasteiger partial charge in [-0.05, 0) is 49.2 Å². The van der Waals surface area contributed by atoms with Crippen molar-refractivity contribution in [3.63, 3.8) is 0 Å². The summed E-state index contributed by atoms with van der Waals surface area (Å²) in [5, 5.41) is 3.59. The maximum atomic E-state index is 4.93.